The number of rotatable bonds is 9. The second-order valence-corrected chi connectivity index (χ2v) is 12.9. The Labute approximate surface area is 221 Å². The molecule has 1 fully saturated rings. The van der Waals surface area contributed by atoms with Gasteiger partial charge in [0, 0.05) is 41.1 Å². The smallest absolute Gasteiger partial charge is 0.253 e. The van der Waals surface area contributed by atoms with E-state index in [0.29, 0.717) is 34.3 Å². The summed E-state index contributed by atoms with van der Waals surface area (Å²) in [6.45, 7) is 9.26. The Kier molecular flexibility index (Phi) is 9.23. The van der Waals surface area contributed by atoms with Gasteiger partial charge >= 0.3 is 0 Å². The number of carbonyl (C=O) groups excluding carboxylic acids is 1. The molecule has 37 heavy (non-hydrogen) atoms. The van der Waals surface area contributed by atoms with Crippen LogP contribution >= 0.6 is 0 Å². The molecule has 0 aliphatic heterocycles. The lowest BCUT2D eigenvalue weighted by Crippen LogP contribution is -2.36. The minimum atomic E-state index is -3.54. The molecule has 1 aromatic heterocycles. The van der Waals surface area contributed by atoms with Crippen LogP contribution in [0, 0.1) is 26.7 Å². The number of hydrogen-bond donors (Lipinski definition) is 3. The Balaban J connectivity index is 1.87. The van der Waals surface area contributed by atoms with Crippen molar-refractivity contribution in [2.45, 2.75) is 83.8 Å². The lowest BCUT2D eigenvalue weighted by atomic mass is 9.81. The number of aromatic amines is 1. The van der Waals surface area contributed by atoms with Gasteiger partial charge in [-0.2, -0.15) is 0 Å². The fourth-order valence-corrected chi connectivity index (χ4v) is 6.19. The van der Waals surface area contributed by atoms with Crippen molar-refractivity contribution in [3.8, 4) is 0 Å². The monoisotopic (exact) mass is 530 g/mol. The highest BCUT2D eigenvalue weighted by Crippen LogP contribution is 2.32. The first-order valence-corrected chi connectivity index (χ1v) is 14.8. The van der Waals surface area contributed by atoms with Crippen LogP contribution in [0.15, 0.2) is 27.9 Å². The summed E-state index contributed by atoms with van der Waals surface area (Å²) in [6, 6.07) is 5.70. The molecule has 1 unspecified atom stereocenters. The third kappa shape index (κ3) is 6.82. The average Bonchev–Trinajstić information content (AvgIpc) is 2.84. The first kappa shape index (κ1) is 28.9. The van der Waals surface area contributed by atoms with E-state index in [4.69, 9.17) is 0 Å². The predicted molar refractivity (Wildman–Crippen MR) is 149 cm³/mol. The van der Waals surface area contributed by atoms with Crippen molar-refractivity contribution >= 4 is 21.4 Å². The number of carbonyl (C=O) groups is 1. The Bertz CT molecular complexity index is 1290. The van der Waals surface area contributed by atoms with Crippen LogP contribution in [0.4, 0.5) is 5.69 Å². The maximum absolute atomic E-state index is 13.3. The molecule has 1 aliphatic carbocycles. The molecule has 1 heterocycles. The van der Waals surface area contributed by atoms with Crippen molar-refractivity contribution in [3.05, 3.63) is 56.5 Å². The number of aromatic nitrogens is 1. The van der Waals surface area contributed by atoms with Crippen LogP contribution in [-0.4, -0.2) is 56.1 Å². The van der Waals surface area contributed by atoms with Crippen LogP contribution in [0.5, 0.6) is 0 Å². The van der Waals surface area contributed by atoms with Gasteiger partial charge in [0.15, 0.2) is 9.84 Å². The van der Waals surface area contributed by atoms with E-state index in [9.17, 15) is 18.0 Å². The highest BCUT2D eigenvalue weighted by Gasteiger charge is 2.27. The lowest BCUT2D eigenvalue weighted by Gasteiger charge is -2.36. The Hall–Kier alpha value is -2.65. The Morgan fingerprint density at radius 2 is 1.76 bits per heavy atom. The first-order valence-electron chi connectivity index (χ1n) is 13.1. The summed E-state index contributed by atoms with van der Waals surface area (Å²) in [7, 11) is 0.710. The van der Waals surface area contributed by atoms with Crippen LogP contribution in [0.2, 0.25) is 0 Å². The highest BCUT2D eigenvalue weighted by molar-refractivity contribution is 7.91. The molecule has 1 aromatic carbocycles. The largest absolute Gasteiger partial charge is 0.382 e. The zero-order chi connectivity index (χ0) is 27.5. The number of nitrogens with one attached hydrogen (secondary N) is 3. The molecule has 1 aliphatic rings. The Morgan fingerprint density at radius 1 is 1.11 bits per heavy atom. The number of amides is 1. The summed E-state index contributed by atoms with van der Waals surface area (Å²) >= 11 is 0. The van der Waals surface area contributed by atoms with Gasteiger partial charge in [-0.05, 0) is 103 Å². The summed E-state index contributed by atoms with van der Waals surface area (Å²) in [5, 5.41) is 6.37. The normalized spacial score (nSPS) is 19.0. The number of pyridine rings is 1. The lowest BCUT2D eigenvalue weighted by molar-refractivity contribution is 0.0950. The molecule has 0 saturated heterocycles. The van der Waals surface area contributed by atoms with Crippen molar-refractivity contribution in [3.63, 3.8) is 0 Å². The van der Waals surface area contributed by atoms with Gasteiger partial charge in [0.05, 0.1) is 10.6 Å². The fraction of sp³-hybridized carbons (Fsp3) is 0.571. The molecule has 3 N–H and O–H groups in total. The van der Waals surface area contributed by atoms with Gasteiger partial charge in [0.25, 0.3) is 11.5 Å². The van der Waals surface area contributed by atoms with E-state index in [1.54, 1.807) is 13.0 Å². The van der Waals surface area contributed by atoms with Crippen LogP contribution < -0.4 is 16.2 Å². The van der Waals surface area contributed by atoms with Gasteiger partial charge in [-0.3, -0.25) is 9.59 Å². The number of hydrogen-bond acceptors (Lipinski definition) is 6. The van der Waals surface area contributed by atoms with Crippen molar-refractivity contribution in [1.82, 2.24) is 15.2 Å². The van der Waals surface area contributed by atoms with E-state index in [1.807, 2.05) is 26.8 Å². The number of sulfone groups is 1. The number of aryl methyl sites for hydroxylation is 2. The molecule has 9 heteroatoms. The number of benzene rings is 1. The summed E-state index contributed by atoms with van der Waals surface area (Å²) in [6.07, 6.45) is 4.47. The van der Waals surface area contributed by atoms with E-state index < -0.39 is 15.7 Å². The van der Waals surface area contributed by atoms with Crippen molar-refractivity contribution < 1.29 is 13.2 Å². The summed E-state index contributed by atoms with van der Waals surface area (Å²) < 4.78 is 25.6. The molecule has 1 atom stereocenters. The standard InChI is InChI=1S/C28H42N4O4S/c1-8-37(35,36)23-14-24(27(33)29-16-25-17(2)13-18(3)30-28(25)34)19(4)26(15-23)31-20(5)21-9-11-22(12-10-21)32(6)7/h13-15,20-22,31H,8-12,16H2,1-7H3,(H,29,33)(H,30,34). The fourth-order valence-electron chi connectivity index (χ4n) is 5.27. The van der Waals surface area contributed by atoms with Gasteiger partial charge in [-0.15, -0.1) is 0 Å². The van der Waals surface area contributed by atoms with Crippen molar-refractivity contribution in [2.24, 2.45) is 5.92 Å². The third-order valence-corrected chi connectivity index (χ3v) is 9.56. The van der Waals surface area contributed by atoms with E-state index >= 15 is 0 Å². The summed E-state index contributed by atoms with van der Waals surface area (Å²) in [5.74, 6) is 0.00118. The SMILES string of the molecule is CCS(=O)(=O)c1cc(NC(C)C2CCC(N(C)C)CC2)c(C)c(C(=O)NCc2c(C)cc(C)[nH]c2=O)c1. The molecule has 8 nitrogen and oxygen atoms in total. The zero-order valence-corrected chi connectivity index (χ0v) is 24.0. The number of anilines is 1. The van der Waals surface area contributed by atoms with E-state index in [2.05, 4.69) is 41.5 Å². The van der Waals surface area contributed by atoms with Crippen molar-refractivity contribution in [2.75, 3.05) is 25.2 Å². The van der Waals surface area contributed by atoms with Gasteiger partial charge in [0.1, 0.15) is 0 Å². The van der Waals surface area contributed by atoms with Crippen LogP contribution in [0.3, 0.4) is 0 Å². The minimum absolute atomic E-state index is 0.0543. The quantitative estimate of drug-likeness (QED) is 0.453. The molecule has 0 bridgehead atoms. The van der Waals surface area contributed by atoms with Crippen LogP contribution in [0.25, 0.3) is 0 Å². The number of nitrogens with zero attached hydrogens (tertiary/aromatic N) is 1. The molecule has 3 rings (SSSR count). The van der Waals surface area contributed by atoms with E-state index in [-0.39, 0.29) is 28.8 Å². The first-order chi connectivity index (χ1) is 17.3. The van der Waals surface area contributed by atoms with Crippen LogP contribution in [0.1, 0.15) is 72.3 Å². The predicted octanol–water partition coefficient (Wildman–Crippen LogP) is 3.94. The number of H-pyrrole nitrogens is 1. The highest BCUT2D eigenvalue weighted by atomic mass is 32.2. The topological polar surface area (TPSA) is 111 Å². The van der Waals surface area contributed by atoms with Gasteiger partial charge < -0.3 is 20.5 Å². The van der Waals surface area contributed by atoms with Gasteiger partial charge in [-0.1, -0.05) is 6.92 Å². The van der Waals surface area contributed by atoms with Crippen LogP contribution in [-0.2, 0) is 16.4 Å². The summed E-state index contributed by atoms with van der Waals surface area (Å²) in [4.78, 5) is 30.8. The minimum Gasteiger partial charge on any atom is -0.382 e. The molecule has 2 aromatic rings. The van der Waals surface area contributed by atoms with Gasteiger partial charge in [0.2, 0.25) is 0 Å². The molecule has 0 spiro atoms. The zero-order valence-electron chi connectivity index (χ0n) is 23.2. The second-order valence-electron chi connectivity index (χ2n) is 10.6. The molecular formula is C28H42N4O4S. The molecule has 0 radical (unpaired) electrons. The average molecular weight is 531 g/mol. The second kappa shape index (κ2) is 11.8. The molecular weight excluding hydrogens is 488 g/mol. The maximum Gasteiger partial charge on any atom is 0.253 e. The van der Waals surface area contributed by atoms with E-state index in [0.717, 1.165) is 36.9 Å². The maximum atomic E-state index is 13.3. The third-order valence-electron chi connectivity index (χ3n) is 7.85. The molecule has 204 valence electrons. The molecule has 1 amide bonds. The summed E-state index contributed by atoms with van der Waals surface area (Å²) in [5.41, 5.74) is 3.43. The molecule has 1 saturated carbocycles. The Morgan fingerprint density at radius 3 is 2.32 bits per heavy atom. The van der Waals surface area contributed by atoms with Crippen molar-refractivity contribution in [1.29, 1.82) is 0 Å². The van der Waals surface area contributed by atoms with Gasteiger partial charge in [-0.25, -0.2) is 8.42 Å². The van der Waals surface area contributed by atoms with E-state index in [1.165, 1.54) is 6.07 Å².